The van der Waals surface area contributed by atoms with E-state index < -0.39 is 30.0 Å². The van der Waals surface area contributed by atoms with Crippen LogP contribution in [0.25, 0.3) is 0 Å². The molecule has 0 spiro atoms. The Kier molecular flexibility index (Phi) is 10.6. The summed E-state index contributed by atoms with van der Waals surface area (Å²) in [6.07, 6.45) is -4.61. The normalized spacial score (nSPS) is 11.0. The van der Waals surface area contributed by atoms with Gasteiger partial charge < -0.3 is 25.4 Å². The first kappa shape index (κ1) is 30.6. The van der Waals surface area contributed by atoms with Gasteiger partial charge in [-0.1, -0.05) is 41.4 Å². The first-order chi connectivity index (χ1) is 18.9. The molecule has 0 aliphatic carbocycles. The molecule has 0 radical (unpaired) electrons. The van der Waals surface area contributed by atoms with E-state index in [1.54, 1.807) is 42.5 Å². The second kappa shape index (κ2) is 13.9. The molecule has 3 aromatic rings. The van der Waals surface area contributed by atoms with Crippen molar-refractivity contribution in [1.29, 1.82) is 0 Å². The molecule has 3 aromatic carbocycles. The number of carboxylic acid groups (broad SMARTS) is 1. The molecule has 0 bridgehead atoms. The molecule has 0 unspecified atom stereocenters. The summed E-state index contributed by atoms with van der Waals surface area (Å²) in [5.74, 6) is -1.88. The van der Waals surface area contributed by atoms with Gasteiger partial charge >= 0.3 is 18.4 Å². The number of carbonyl (C=O) groups is 3. The van der Waals surface area contributed by atoms with Gasteiger partial charge in [0.2, 0.25) is 0 Å². The van der Waals surface area contributed by atoms with Crippen LogP contribution in [0.5, 0.6) is 5.75 Å². The van der Waals surface area contributed by atoms with Gasteiger partial charge in [0, 0.05) is 30.9 Å². The zero-order chi connectivity index (χ0) is 29.3. The number of aliphatic carboxylic acids is 1. The van der Waals surface area contributed by atoms with E-state index in [-0.39, 0.29) is 31.7 Å². The lowest BCUT2D eigenvalue weighted by Gasteiger charge is -2.24. The van der Waals surface area contributed by atoms with E-state index in [9.17, 15) is 27.6 Å². The smallest absolute Gasteiger partial charge is 0.481 e. The van der Waals surface area contributed by atoms with E-state index in [2.05, 4.69) is 15.4 Å². The molecule has 3 amide bonds. The molecule has 8 nitrogen and oxygen atoms in total. The summed E-state index contributed by atoms with van der Waals surface area (Å²) in [7, 11) is 0. The lowest BCUT2D eigenvalue weighted by Crippen LogP contribution is -2.36. The van der Waals surface area contributed by atoms with Gasteiger partial charge in [-0.15, -0.1) is 13.2 Å². The Balaban J connectivity index is 1.71. The number of carbonyl (C=O) groups excluding carboxylic acids is 2. The summed E-state index contributed by atoms with van der Waals surface area (Å²) in [5.41, 5.74) is 2.10. The monoisotopic (exact) mass is 597 g/mol. The molecule has 0 fully saturated rings. The summed E-state index contributed by atoms with van der Waals surface area (Å²) in [4.78, 5) is 37.5. The number of alkyl halides is 3. The van der Waals surface area contributed by atoms with E-state index in [1.807, 2.05) is 0 Å². The van der Waals surface area contributed by atoms with Crippen LogP contribution >= 0.6 is 23.2 Å². The van der Waals surface area contributed by atoms with Crippen molar-refractivity contribution in [3.05, 3.63) is 93.5 Å². The highest BCUT2D eigenvalue weighted by molar-refractivity contribution is 6.42. The maximum atomic E-state index is 13.2. The second-order valence-electron chi connectivity index (χ2n) is 8.52. The maximum absolute atomic E-state index is 13.2. The number of urea groups is 1. The zero-order valence-corrected chi connectivity index (χ0v) is 22.3. The lowest BCUT2D eigenvalue weighted by molar-refractivity contribution is -0.274. The van der Waals surface area contributed by atoms with Crippen LogP contribution in [0.1, 0.15) is 27.9 Å². The van der Waals surface area contributed by atoms with Crippen LogP contribution in [0.2, 0.25) is 10.0 Å². The highest BCUT2D eigenvalue weighted by atomic mass is 35.5. The third-order valence-corrected chi connectivity index (χ3v) is 6.23. The van der Waals surface area contributed by atoms with Crippen molar-refractivity contribution in [3.63, 3.8) is 0 Å². The van der Waals surface area contributed by atoms with E-state index >= 15 is 0 Å². The molecule has 0 aliphatic heterocycles. The standard InChI is InChI=1S/C27H24Cl2F3N3O5/c28-22-10-3-17(15-23(22)29)12-14-35(26(39)34-20-6-8-21(9-7-20)40-27(30,31)32)16-18-1-4-19(5-2-18)25(38)33-13-11-24(36)37/h1-10,15H,11-14,16H2,(H,33,38)(H,34,39)(H,36,37). The Morgan fingerprint density at radius 1 is 0.900 bits per heavy atom. The van der Waals surface area contributed by atoms with Gasteiger partial charge in [0.25, 0.3) is 5.91 Å². The van der Waals surface area contributed by atoms with Gasteiger partial charge in [0.05, 0.1) is 16.5 Å². The number of carboxylic acids is 1. The molecular formula is C27H24Cl2F3N3O5. The number of amides is 3. The van der Waals surface area contributed by atoms with Crippen molar-refractivity contribution >= 4 is 46.8 Å². The number of hydrogen-bond acceptors (Lipinski definition) is 4. The number of hydrogen-bond donors (Lipinski definition) is 3. The number of ether oxygens (including phenoxy) is 1. The van der Waals surface area contributed by atoms with Crippen molar-refractivity contribution in [2.45, 2.75) is 25.7 Å². The molecule has 0 saturated heterocycles. The Hall–Kier alpha value is -3.96. The Morgan fingerprint density at radius 3 is 2.15 bits per heavy atom. The van der Waals surface area contributed by atoms with E-state index in [0.29, 0.717) is 27.6 Å². The third kappa shape index (κ3) is 9.97. The van der Waals surface area contributed by atoms with Crippen molar-refractivity contribution in [2.75, 3.05) is 18.4 Å². The molecule has 0 atom stereocenters. The number of nitrogens with zero attached hydrogens (tertiary/aromatic N) is 1. The van der Waals surface area contributed by atoms with Crippen molar-refractivity contribution in [3.8, 4) is 5.75 Å². The van der Waals surface area contributed by atoms with Crippen LogP contribution in [0.15, 0.2) is 66.7 Å². The fourth-order valence-corrected chi connectivity index (χ4v) is 3.84. The minimum absolute atomic E-state index is 0.0120. The van der Waals surface area contributed by atoms with Crippen molar-refractivity contribution in [2.24, 2.45) is 0 Å². The fraction of sp³-hybridized carbons (Fsp3) is 0.222. The summed E-state index contributed by atoms with van der Waals surface area (Å²) >= 11 is 12.1. The number of anilines is 1. The summed E-state index contributed by atoms with van der Waals surface area (Å²) < 4.78 is 41.1. The lowest BCUT2D eigenvalue weighted by atomic mass is 10.1. The number of halogens is 5. The molecular weight excluding hydrogens is 574 g/mol. The van der Waals surface area contributed by atoms with E-state index in [4.69, 9.17) is 28.3 Å². The predicted molar refractivity (Wildman–Crippen MR) is 144 cm³/mol. The Bertz CT molecular complexity index is 1340. The number of benzene rings is 3. The average Bonchev–Trinajstić information content (AvgIpc) is 2.88. The van der Waals surface area contributed by atoms with Crippen LogP contribution in [-0.2, 0) is 17.8 Å². The molecule has 3 rings (SSSR count). The summed E-state index contributed by atoms with van der Waals surface area (Å²) in [5, 5.41) is 14.6. The average molecular weight is 598 g/mol. The van der Waals surface area contributed by atoms with Gasteiger partial charge in [-0.3, -0.25) is 9.59 Å². The fourth-order valence-electron chi connectivity index (χ4n) is 3.52. The second-order valence-corrected chi connectivity index (χ2v) is 9.33. The van der Waals surface area contributed by atoms with Crippen molar-refractivity contribution in [1.82, 2.24) is 10.2 Å². The van der Waals surface area contributed by atoms with Gasteiger partial charge in [0.15, 0.2) is 0 Å². The maximum Gasteiger partial charge on any atom is 0.573 e. The highest BCUT2D eigenvalue weighted by Gasteiger charge is 2.31. The Morgan fingerprint density at radius 2 is 1.55 bits per heavy atom. The van der Waals surface area contributed by atoms with Gasteiger partial charge in [0.1, 0.15) is 5.75 Å². The van der Waals surface area contributed by atoms with Gasteiger partial charge in [-0.05, 0) is 66.1 Å². The minimum Gasteiger partial charge on any atom is -0.481 e. The molecule has 0 saturated carbocycles. The topological polar surface area (TPSA) is 108 Å². The molecule has 40 heavy (non-hydrogen) atoms. The first-order valence-corrected chi connectivity index (χ1v) is 12.6. The molecule has 0 aromatic heterocycles. The number of nitrogens with one attached hydrogen (secondary N) is 2. The summed E-state index contributed by atoms with van der Waals surface area (Å²) in [6, 6.07) is 15.8. The SMILES string of the molecule is O=C(O)CCNC(=O)c1ccc(CN(CCc2ccc(Cl)c(Cl)c2)C(=O)Nc2ccc(OC(F)(F)F)cc2)cc1. The zero-order valence-electron chi connectivity index (χ0n) is 20.8. The van der Waals surface area contributed by atoms with Crippen molar-refractivity contribution < 1.29 is 37.4 Å². The van der Waals surface area contributed by atoms with E-state index in [1.165, 1.54) is 17.0 Å². The molecule has 3 N–H and O–H groups in total. The first-order valence-electron chi connectivity index (χ1n) is 11.8. The number of rotatable bonds is 11. The third-order valence-electron chi connectivity index (χ3n) is 5.49. The summed E-state index contributed by atoms with van der Waals surface area (Å²) in [6.45, 7) is 0.377. The van der Waals surface area contributed by atoms with Crippen LogP contribution in [-0.4, -0.2) is 47.4 Å². The van der Waals surface area contributed by atoms with Crippen LogP contribution < -0.4 is 15.4 Å². The molecule has 212 valence electrons. The minimum atomic E-state index is -4.83. The highest BCUT2D eigenvalue weighted by Crippen LogP contribution is 2.25. The largest absolute Gasteiger partial charge is 0.573 e. The Labute approximate surface area is 237 Å². The van der Waals surface area contributed by atoms with E-state index in [0.717, 1.165) is 17.7 Å². The quantitative estimate of drug-likeness (QED) is 0.238. The molecule has 13 heteroatoms. The predicted octanol–water partition coefficient (Wildman–Crippen LogP) is 6.37. The van der Waals surface area contributed by atoms with Crippen LogP contribution in [0.4, 0.5) is 23.7 Å². The molecule has 0 heterocycles. The molecule has 0 aliphatic rings. The van der Waals surface area contributed by atoms with Crippen LogP contribution in [0.3, 0.4) is 0 Å². The van der Waals surface area contributed by atoms with Crippen LogP contribution in [0, 0.1) is 0 Å². The van der Waals surface area contributed by atoms with Gasteiger partial charge in [-0.25, -0.2) is 4.79 Å². The van der Waals surface area contributed by atoms with Gasteiger partial charge in [-0.2, -0.15) is 0 Å².